The van der Waals surface area contributed by atoms with Gasteiger partial charge in [0.05, 0.1) is 17.4 Å². The Morgan fingerprint density at radius 3 is 2.24 bits per heavy atom. The minimum Gasteiger partial charge on any atom is -0.328 e. The number of alkyl halides is 3. The SMILES string of the molecule is CC(C)n1cnc2ccccc21.CC(F)(F)F. The van der Waals surface area contributed by atoms with Crippen molar-refractivity contribution >= 4 is 11.0 Å². The summed E-state index contributed by atoms with van der Waals surface area (Å²) in [7, 11) is 0. The maximum atomic E-state index is 10.4. The van der Waals surface area contributed by atoms with E-state index < -0.39 is 6.18 Å². The Kier molecular flexibility index (Phi) is 4.15. The lowest BCUT2D eigenvalue weighted by Gasteiger charge is -2.06. The fourth-order valence-electron chi connectivity index (χ4n) is 1.39. The standard InChI is InChI=1S/C10H12N2.C2H3F3/c1-8(2)12-7-11-9-5-3-4-6-10(9)12;1-2(3,4)5/h3-8H,1-2H3;1H3. The topological polar surface area (TPSA) is 17.8 Å². The van der Waals surface area contributed by atoms with Gasteiger partial charge in [-0.1, -0.05) is 12.1 Å². The highest BCUT2D eigenvalue weighted by Gasteiger charge is 2.15. The van der Waals surface area contributed by atoms with Crippen LogP contribution in [0.15, 0.2) is 30.6 Å². The zero-order chi connectivity index (χ0) is 13.1. The molecular formula is C12H15F3N2. The van der Waals surface area contributed by atoms with Crippen molar-refractivity contribution in [1.82, 2.24) is 9.55 Å². The number of benzene rings is 1. The van der Waals surface area contributed by atoms with Crippen molar-refractivity contribution in [2.45, 2.75) is 33.0 Å². The second-order valence-corrected chi connectivity index (χ2v) is 4.02. The third-order valence-electron chi connectivity index (χ3n) is 2.04. The van der Waals surface area contributed by atoms with Gasteiger partial charge in [-0.05, 0) is 26.0 Å². The van der Waals surface area contributed by atoms with Gasteiger partial charge in [-0.2, -0.15) is 13.2 Å². The molecule has 1 aromatic heterocycles. The van der Waals surface area contributed by atoms with Crippen molar-refractivity contribution in [3.8, 4) is 0 Å². The van der Waals surface area contributed by atoms with Gasteiger partial charge in [0.2, 0.25) is 0 Å². The number of hydrogen-bond donors (Lipinski definition) is 0. The predicted molar refractivity (Wildman–Crippen MR) is 61.8 cm³/mol. The van der Waals surface area contributed by atoms with Crippen LogP contribution in [0.4, 0.5) is 13.2 Å². The van der Waals surface area contributed by atoms with Gasteiger partial charge in [-0.25, -0.2) is 4.98 Å². The van der Waals surface area contributed by atoms with Crippen molar-refractivity contribution < 1.29 is 13.2 Å². The van der Waals surface area contributed by atoms with E-state index in [2.05, 4.69) is 29.5 Å². The molecule has 2 aromatic rings. The molecule has 0 unspecified atom stereocenters. The van der Waals surface area contributed by atoms with E-state index in [-0.39, 0.29) is 6.92 Å². The molecule has 0 spiro atoms. The largest absolute Gasteiger partial charge is 0.386 e. The summed E-state index contributed by atoms with van der Waals surface area (Å²) in [5.74, 6) is 0. The summed E-state index contributed by atoms with van der Waals surface area (Å²) in [6.07, 6.45) is -2.10. The van der Waals surface area contributed by atoms with E-state index in [9.17, 15) is 13.2 Å². The van der Waals surface area contributed by atoms with Crippen molar-refractivity contribution in [3.63, 3.8) is 0 Å². The first kappa shape index (κ1) is 13.5. The minimum absolute atomic E-state index is 0.188. The number of nitrogens with zero attached hydrogens (tertiary/aromatic N) is 2. The van der Waals surface area contributed by atoms with Crippen LogP contribution in [0.5, 0.6) is 0 Å². The van der Waals surface area contributed by atoms with Gasteiger partial charge in [0.15, 0.2) is 0 Å². The summed E-state index contributed by atoms with van der Waals surface area (Å²) in [6, 6.07) is 8.68. The van der Waals surface area contributed by atoms with E-state index in [1.165, 1.54) is 5.52 Å². The van der Waals surface area contributed by atoms with Crippen LogP contribution in [0, 0.1) is 0 Å². The van der Waals surface area contributed by atoms with Gasteiger partial charge < -0.3 is 4.57 Å². The molecule has 2 rings (SSSR count). The lowest BCUT2D eigenvalue weighted by molar-refractivity contribution is -0.110. The normalized spacial score (nSPS) is 11.5. The average Bonchev–Trinajstić information content (AvgIpc) is 2.58. The first-order chi connectivity index (χ1) is 7.79. The zero-order valence-electron chi connectivity index (χ0n) is 9.99. The Labute approximate surface area is 98.1 Å². The van der Waals surface area contributed by atoms with Crippen LogP contribution < -0.4 is 0 Å². The number of halogens is 3. The summed E-state index contributed by atoms with van der Waals surface area (Å²) in [5.41, 5.74) is 2.29. The number of para-hydroxylation sites is 2. The fraction of sp³-hybridized carbons (Fsp3) is 0.417. The molecule has 0 N–H and O–H groups in total. The molecule has 17 heavy (non-hydrogen) atoms. The molecule has 0 amide bonds. The third-order valence-corrected chi connectivity index (χ3v) is 2.04. The summed E-state index contributed by atoms with van der Waals surface area (Å²) in [6.45, 7) is 4.51. The molecule has 0 aliphatic carbocycles. The quantitative estimate of drug-likeness (QED) is 0.735. The number of aromatic nitrogens is 2. The monoisotopic (exact) mass is 244 g/mol. The summed E-state index contributed by atoms with van der Waals surface area (Å²) < 4.78 is 33.2. The van der Waals surface area contributed by atoms with E-state index in [0.717, 1.165) is 5.52 Å². The lowest BCUT2D eigenvalue weighted by atomic mass is 10.3. The number of fused-ring (bicyclic) bond motifs is 1. The molecular weight excluding hydrogens is 229 g/mol. The van der Waals surface area contributed by atoms with Gasteiger partial charge in [-0.15, -0.1) is 0 Å². The van der Waals surface area contributed by atoms with Gasteiger partial charge in [0.25, 0.3) is 0 Å². The van der Waals surface area contributed by atoms with Gasteiger partial charge in [0, 0.05) is 13.0 Å². The van der Waals surface area contributed by atoms with Crippen LogP contribution in [-0.4, -0.2) is 15.7 Å². The second-order valence-electron chi connectivity index (χ2n) is 4.02. The Bertz CT molecular complexity index is 466. The summed E-state index contributed by atoms with van der Waals surface area (Å²) >= 11 is 0. The van der Waals surface area contributed by atoms with Crippen LogP contribution in [0.3, 0.4) is 0 Å². The van der Waals surface area contributed by atoms with Crippen molar-refractivity contribution in [1.29, 1.82) is 0 Å². The molecule has 5 heteroatoms. The first-order valence-corrected chi connectivity index (χ1v) is 5.27. The van der Waals surface area contributed by atoms with E-state index in [1.807, 2.05) is 24.5 Å². The van der Waals surface area contributed by atoms with Gasteiger partial charge in [-0.3, -0.25) is 0 Å². The molecule has 2 nitrogen and oxygen atoms in total. The zero-order valence-corrected chi connectivity index (χ0v) is 9.99. The Balaban J connectivity index is 0.000000249. The van der Waals surface area contributed by atoms with Crippen LogP contribution in [0.25, 0.3) is 11.0 Å². The number of rotatable bonds is 1. The van der Waals surface area contributed by atoms with Crippen LogP contribution in [0.1, 0.15) is 26.8 Å². The minimum atomic E-state index is -4.00. The number of imidazole rings is 1. The number of hydrogen-bond acceptors (Lipinski definition) is 1. The highest BCUT2D eigenvalue weighted by atomic mass is 19.4. The van der Waals surface area contributed by atoms with Crippen LogP contribution in [-0.2, 0) is 0 Å². The molecule has 0 saturated carbocycles. The molecule has 0 bridgehead atoms. The maximum Gasteiger partial charge on any atom is 0.386 e. The molecule has 1 aromatic carbocycles. The summed E-state index contributed by atoms with van der Waals surface area (Å²) in [4.78, 5) is 4.30. The molecule has 94 valence electrons. The Morgan fingerprint density at radius 2 is 1.71 bits per heavy atom. The van der Waals surface area contributed by atoms with Crippen LogP contribution >= 0.6 is 0 Å². The Hall–Kier alpha value is -1.52. The van der Waals surface area contributed by atoms with Gasteiger partial charge >= 0.3 is 6.18 Å². The molecule has 0 saturated heterocycles. The Morgan fingerprint density at radius 1 is 1.18 bits per heavy atom. The summed E-state index contributed by atoms with van der Waals surface area (Å²) in [5, 5.41) is 0. The second kappa shape index (κ2) is 5.21. The molecule has 0 radical (unpaired) electrons. The predicted octanol–water partition coefficient (Wildman–Crippen LogP) is 4.19. The van der Waals surface area contributed by atoms with Crippen molar-refractivity contribution in [3.05, 3.63) is 30.6 Å². The molecule has 0 aliphatic rings. The average molecular weight is 244 g/mol. The molecule has 0 aliphatic heterocycles. The molecule has 0 atom stereocenters. The third kappa shape index (κ3) is 4.46. The highest BCUT2D eigenvalue weighted by Crippen LogP contribution is 2.16. The van der Waals surface area contributed by atoms with E-state index in [1.54, 1.807) is 0 Å². The maximum absolute atomic E-state index is 10.4. The van der Waals surface area contributed by atoms with Crippen LogP contribution in [0.2, 0.25) is 0 Å². The van der Waals surface area contributed by atoms with Crippen molar-refractivity contribution in [2.24, 2.45) is 0 Å². The van der Waals surface area contributed by atoms with E-state index >= 15 is 0 Å². The van der Waals surface area contributed by atoms with E-state index in [4.69, 9.17) is 0 Å². The smallest absolute Gasteiger partial charge is 0.328 e. The van der Waals surface area contributed by atoms with Crippen molar-refractivity contribution in [2.75, 3.05) is 0 Å². The lowest BCUT2D eigenvalue weighted by Crippen LogP contribution is -1.97. The molecule has 0 fully saturated rings. The van der Waals surface area contributed by atoms with Gasteiger partial charge in [0.1, 0.15) is 0 Å². The molecule has 1 heterocycles. The highest BCUT2D eigenvalue weighted by molar-refractivity contribution is 5.75. The first-order valence-electron chi connectivity index (χ1n) is 5.27. The fourth-order valence-corrected chi connectivity index (χ4v) is 1.39. The van der Waals surface area contributed by atoms with E-state index in [0.29, 0.717) is 6.04 Å².